The van der Waals surface area contributed by atoms with Crippen LogP contribution in [0, 0.1) is 22.7 Å². The van der Waals surface area contributed by atoms with Gasteiger partial charge in [0.1, 0.15) is 42.7 Å². The molecule has 2 amide bonds. The van der Waals surface area contributed by atoms with Crippen molar-refractivity contribution < 1.29 is 91.6 Å². The summed E-state index contributed by atoms with van der Waals surface area (Å²) in [7, 11) is 2.22. The summed E-state index contributed by atoms with van der Waals surface area (Å²) in [4.78, 5) is 123. The minimum absolute atomic E-state index is 0.00935. The first-order valence-electron chi connectivity index (χ1n) is 25.0. The Morgan fingerprint density at radius 3 is 1.99 bits per heavy atom. The van der Waals surface area contributed by atoms with Gasteiger partial charge < -0.3 is 59.1 Å². The number of benzene rings is 3. The summed E-state index contributed by atoms with van der Waals surface area (Å²) in [6.07, 6.45) is -10.8. The number of rotatable bonds is 19. The highest BCUT2D eigenvalue weighted by Gasteiger charge is 2.79. The lowest BCUT2D eigenvalue weighted by atomic mass is 9.45. The second kappa shape index (κ2) is 24.1. The number of carbonyl (C=O) groups excluding carboxylic acids is 8. The highest BCUT2D eigenvalue weighted by Crippen LogP contribution is 2.65. The number of esters is 4. The number of carbonyl (C=O) groups is 9. The molecule has 3 aromatic carbocycles. The van der Waals surface area contributed by atoms with Gasteiger partial charge in [-0.2, -0.15) is 0 Å². The summed E-state index contributed by atoms with van der Waals surface area (Å²) in [5, 5.41) is 40.5. The van der Waals surface area contributed by atoms with Gasteiger partial charge >= 0.3 is 36.0 Å². The number of fused-ring (bicyclic) bond motifs is 5. The second-order valence-electron chi connectivity index (χ2n) is 20.3. The van der Waals surface area contributed by atoms with E-state index in [0.717, 1.165) is 35.4 Å². The third-order valence-corrected chi connectivity index (χ3v) is 17.4. The molecule has 21 nitrogen and oxygen atoms in total. The zero-order chi connectivity index (χ0) is 56.9. The van der Waals surface area contributed by atoms with Crippen LogP contribution in [0.5, 0.6) is 0 Å². The number of aliphatic carboxylic acids is 1. The molecule has 0 radical (unpaired) electrons. The molecule has 4 aliphatic rings. The van der Waals surface area contributed by atoms with Crippen LogP contribution in [0.1, 0.15) is 93.6 Å². The normalized spacial score (nSPS) is 28.8. The van der Waals surface area contributed by atoms with Crippen molar-refractivity contribution in [1.82, 2.24) is 10.6 Å². The van der Waals surface area contributed by atoms with Crippen molar-refractivity contribution in [3.8, 4) is 0 Å². The molecule has 3 aromatic rings. The van der Waals surface area contributed by atoms with Gasteiger partial charge in [0.25, 0.3) is 5.91 Å². The lowest BCUT2D eigenvalue weighted by molar-refractivity contribution is -0.345. The number of allylic oxidation sites excluding steroid dienone is 1. The van der Waals surface area contributed by atoms with E-state index < -0.39 is 149 Å². The van der Waals surface area contributed by atoms with E-state index in [-0.39, 0.29) is 41.2 Å². The fourth-order valence-electron chi connectivity index (χ4n) is 11.2. The summed E-state index contributed by atoms with van der Waals surface area (Å²) in [5.41, 5.74) is -8.15. The zero-order valence-corrected chi connectivity index (χ0v) is 45.4. The number of aliphatic hydroxyl groups excluding tert-OH is 1. The molecule has 418 valence electrons. The first-order chi connectivity index (χ1) is 36.9. The third-order valence-electron chi connectivity index (χ3n) is 15.1. The Morgan fingerprint density at radius 1 is 0.808 bits per heavy atom. The van der Waals surface area contributed by atoms with Crippen LogP contribution in [-0.2, 0) is 61.9 Å². The number of ether oxygens (including phenoxy) is 7. The molecule has 3 aliphatic carbocycles. The van der Waals surface area contributed by atoms with Gasteiger partial charge in [-0.25, -0.2) is 19.2 Å². The Balaban J connectivity index is 1.32. The highest BCUT2D eigenvalue weighted by atomic mass is 33.1. The van der Waals surface area contributed by atoms with Crippen LogP contribution in [0.4, 0.5) is 4.79 Å². The predicted octanol–water partition coefficient (Wildman–Crippen LogP) is 5.07. The number of carboxylic acid groups (broad SMARTS) is 1. The lowest BCUT2D eigenvalue weighted by Gasteiger charge is -2.67. The van der Waals surface area contributed by atoms with Gasteiger partial charge in [0.15, 0.2) is 17.5 Å². The average molecular weight is 1120 g/mol. The minimum atomic E-state index is -2.54. The maximum atomic E-state index is 16.2. The maximum Gasteiger partial charge on any atom is 0.508 e. The fraction of sp³-hybridized carbons (Fsp3) is 0.473. The van der Waals surface area contributed by atoms with E-state index >= 15 is 4.79 Å². The van der Waals surface area contributed by atoms with E-state index in [1.807, 2.05) is 0 Å². The molecule has 1 heterocycles. The molecule has 23 heteroatoms. The van der Waals surface area contributed by atoms with Crippen molar-refractivity contribution in [3.63, 3.8) is 0 Å². The largest absolute Gasteiger partial charge is 0.508 e. The second-order valence-corrected chi connectivity index (χ2v) is 22.9. The van der Waals surface area contributed by atoms with Crippen molar-refractivity contribution >= 4 is 75.2 Å². The van der Waals surface area contributed by atoms with E-state index in [0.29, 0.717) is 5.56 Å². The Bertz CT molecular complexity index is 2820. The molecular weight excluding hydrogens is 1060 g/mol. The average Bonchev–Trinajstić information content (AvgIpc) is 2.87. The van der Waals surface area contributed by atoms with Crippen LogP contribution < -0.4 is 10.6 Å². The van der Waals surface area contributed by atoms with Crippen LogP contribution >= 0.6 is 21.6 Å². The Morgan fingerprint density at radius 2 is 1.42 bits per heavy atom. The molecule has 2 unspecified atom stereocenters. The first kappa shape index (κ1) is 58.9. The van der Waals surface area contributed by atoms with Crippen LogP contribution in [0.15, 0.2) is 102 Å². The van der Waals surface area contributed by atoms with E-state index in [1.54, 1.807) is 78.9 Å². The number of carboxylic acids is 1. The Hall–Kier alpha value is -6.79. The minimum Gasteiger partial charge on any atom is -0.480 e. The molecular formula is C55H62N2O19S2. The molecule has 2 saturated carbocycles. The highest BCUT2D eigenvalue weighted by molar-refractivity contribution is 8.76. The predicted molar refractivity (Wildman–Crippen MR) is 278 cm³/mol. The Labute approximate surface area is 457 Å². The molecule has 2 bridgehead atoms. The fourth-order valence-corrected chi connectivity index (χ4v) is 13.2. The first-order valence-corrected chi connectivity index (χ1v) is 27.5. The molecule has 78 heavy (non-hydrogen) atoms. The number of ketones is 1. The van der Waals surface area contributed by atoms with Crippen molar-refractivity contribution in [1.29, 1.82) is 0 Å². The van der Waals surface area contributed by atoms with E-state index in [1.165, 1.54) is 46.8 Å². The number of hydrogen-bond donors (Lipinski definition) is 5. The Kier molecular flexibility index (Phi) is 18.2. The molecule has 5 N–H and O–H groups in total. The molecule has 7 rings (SSSR count). The standard InChI is InChI=1S/C55H62N2O19S2/c1-29-37(73-50(67)42(61)41(33-17-11-8-12-18-33)57-47(63)34-19-13-9-14-20-34)26-55(69)46(75-49(66)35-21-15-10-16-22-35)44-53(7,45(62)43(72-31(3)59)40(29)52(55,5)6)38(25-39-54(44,28-71-39)76-32(4)60)74-51(68)70-23-24-77-78-27-36(48(64)65)56-30(2)58/h8-22,29,36-39,41-42,44,46,61,69H,23-28H2,1-7H3,(H,56,58)(H,57,63)(H,64,65)/b43-40+/t29?,36-,37-,38-,39+,41-,42+,44?,46-,53+,54-,55+/m0/s1. The lowest BCUT2D eigenvalue weighted by Crippen LogP contribution is -2.81. The summed E-state index contributed by atoms with van der Waals surface area (Å²) >= 11 is 0. The van der Waals surface area contributed by atoms with Crippen LogP contribution in [-0.4, -0.2) is 141 Å². The molecule has 1 saturated heterocycles. The van der Waals surface area contributed by atoms with Gasteiger partial charge in [-0.3, -0.25) is 24.0 Å². The molecule has 0 spiro atoms. The number of Topliss-reactive ketones (excluding diaryl/α,β-unsaturated/α-hetero) is 1. The number of hydrogen-bond acceptors (Lipinski definition) is 20. The quantitative estimate of drug-likeness (QED) is 0.0453. The SMILES string of the molecule is CC(=O)N[C@@H](CSSCCOC(=O)O[C@H]1C[C@H]2OC[C@@]2(OC(C)=O)C2[C@H](OC(=O)c3ccccc3)[C@]3(O)C[C@H](OC(=O)[C@H](O)[C@@H](NC(=O)c4ccccc4)c4ccccc4)C(C)/C(=C(\OC(C)=O)C(=O)[C@@]21C)C3(C)C)C(=O)O. The van der Waals surface area contributed by atoms with Crippen LogP contribution in [0.3, 0.4) is 0 Å². The van der Waals surface area contributed by atoms with Crippen LogP contribution in [0.2, 0.25) is 0 Å². The molecule has 12 atom stereocenters. The number of aliphatic hydroxyl groups is 2. The van der Waals surface area contributed by atoms with E-state index in [9.17, 15) is 53.7 Å². The van der Waals surface area contributed by atoms with Gasteiger partial charge in [-0.15, -0.1) is 0 Å². The molecule has 1 aliphatic heterocycles. The molecule has 3 fully saturated rings. The van der Waals surface area contributed by atoms with Gasteiger partial charge in [-0.05, 0) is 42.3 Å². The van der Waals surface area contributed by atoms with Crippen molar-refractivity contribution in [2.24, 2.45) is 22.7 Å². The summed E-state index contributed by atoms with van der Waals surface area (Å²) in [6.45, 7) is 8.49. The zero-order valence-electron chi connectivity index (χ0n) is 43.8. The topological polar surface area (TPSA) is 303 Å². The number of nitrogens with one attached hydrogen (secondary N) is 2. The monoisotopic (exact) mass is 1120 g/mol. The number of amides is 2. The summed E-state index contributed by atoms with van der Waals surface area (Å²) in [6, 6.07) is 21.3. The summed E-state index contributed by atoms with van der Waals surface area (Å²) < 4.78 is 42.4. The van der Waals surface area contributed by atoms with Gasteiger partial charge in [0, 0.05) is 62.0 Å². The van der Waals surface area contributed by atoms with Crippen molar-refractivity contribution in [3.05, 3.63) is 119 Å². The molecule has 0 aromatic heterocycles. The summed E-state index contributed by atoms with van der Waals surface area (Å²) in [5.74, 6) is -11.1. The smallest absolute Gasteiger partial charge is 0.480 e. The van der Waals surface area contributed by atoms with Crippen LogP contribution in [0.25, 0.3) is 0 Å². The van der Waals surface area contributed by atoms with Gasteiger partial charge in [0.05, 0.1) is 29.5 Å². The van der Waals surface area contributed by atoms with E-state index in [4.69, 9.17) is 33.2 Å². The van der Waals surface area contributed by atoms with Gasteiger partial charge in [-0.1, -0.05) is 109 Å². The van der Waals surface area contributed by atoms with Gasteiger partial charge in [0.2, 0.25) is 11.7 Å². The maximum absolute atomic E-state index is 16.2. The van der Waals surface area contributed by atoms with E-state index in [2.05, 4.69) is 10.6 Å². The van der Waals surface area contributed by atoms with Crippen molar-refractivity contribution in [2.45, 2.75) is 115 Å². The third kappa shape index (κ3) is 11.8. The van der Waals surface area contributed by atoms with Crippen molar-refractivity contribution in [2.75, 3.05) is 24.7 Å².